The Labute approximate surface area is 120 Å². The van der Waals surface area contributed by atoms with Crippen molar-refractivity contribution in [3.63, 3.8) is 0 Å². The third-order valence-electron chi connectivity index (χ3n) is 4.98. The van der Waals surface area contributed by atoms with Crippen LogP contribution in [-0.2, 0) is 4.79 Å². The molecule has 2 fully saturated rings. The summed E-state index contributed by atoms with van der Waals surface area (Å²) in [6.07, 6.45) is 3.11. The molecular weight excluding hydrogens is 250 g/mol. The minimum atomic E-state index is 0.227. The summed E-state index contributed by atoms with van der Waals surface area (Å²) < 4.78 is 0. The first-order valence-electron chi connectivity index (χ1n) is 7.55. The van der Waals surface area contributed by atoms with Gasteiger partial charge in [0.2, 0.25) is 5.91 Å². The van der Waals surface area contributed by atoms with Crippen LogP contribution >= 0.6 is 0 Å². The van der Waals surface area contributed by atoms with Gasteiger partial charge in [0, 0.05) is 19.0 Å². The fourth-order valence-electron chi connectivity index (χ4n) is 3.29. The van der Waals surface area contributed by atoms with Crippen LogP contribution in [0.4, 0.5) is 0 Å². The van der Waals surface area contributed by atoms with Crippen molar-refractivity contribution in [2.24, 2.45) is 11.3 Å². The molecule has 0 bridgehead atoms. The largest absolute Gasteiger partial charge is 0.508 e. The van der Waals surface area contributed by atoms with Crippen LogP contribution in [0.5, 0.6) is 5.75 Å². The van der Waals surface area contributed by atoms with E-state index < -0.39 is 0 Å². The lowest BCUT2D eigenvalue weighted by Crippen LogP contribution is -2.39. The van der Waals surface area contributed by atoms with E-state index >= 15 is 0 Å². The van der Waals surface area contributed by atoms with Gasteiger partial charge in [-0.2, -0.15) is 0 Å². The number of hydrogen-bond acceptors (Lipinski definition) is 2. The third-order valence-corrected chi connectivity index (χ3v) is 4.98. The van der Waals surface area contributed by atoms with Crippen molar-refractivity contribution in [1.82, 2.24) is 4.90 Å². The number of benzene rings is 1. The fourth-order valence-corrected chi connectivity index (χ4v) is 3.29. The maximum Gasteiger partial charge on any atom is 0.226 e. The molecule has 1 aromatic rings. The van der Waals surface area contributed by atoms with Gasteiger partial charge in [-0.05, 0) is 48.3 Å². The van der Waals surface area contributed by atoms with Crippen molar-refractivity contribution < 1.29 is 9.90 Å². The van der Waals surface area contributed by atoms with Crippen LogP contribution < -0.4 is 0 Å². The van der Waals surface area contributed by atoms with Crippen LogP contribution in [-0.4, -0.2) is 29.0 Å². The Hall–Kier alpha value is -1.51. The van der Waals surface area contributed by atoms with Gasteiger partial charge in [0.05, 0.1) is 0 Å². The maximum atomic E-state index is 12.4. The molecule has 3 rings (SSSR count). The van der Waals surface area contributed by atoms with E-state index in [0.29, 0.717) is 17.6 Å². The zero-order valence-corrected chi connectivity index (χ0v) is 12.3. The molecule has 1 saturated carbocycles. The van der Waals surface area contributed by atoms with E-state index in [1.165, 1.54) is 5.56 Å². The van der Waals surface area contributed by atoms with Crippen LogP contribution in [0.1, 0.15) is 44.6 Å². The molecule has 1 unspecified atom stereocenters. The van der Waals surface area contributed by atoms with Crippen molar-refractivity contribution >= 4 is 5.91 Å². The first-order chi connectivity index (χ1) is 9.47. The zero-order chi connectivity index (χ0) is 14.3. The topological polar surface area (TPSA) is 40.5 Å². The Kier molecular flexibility index (Phi) is 3.23. The predicted molar refractivity (Wildman–Crippen MR) is 78.5 cm³/mol. The first kappa shape index (κ1) is 13.5. The molecule has 3 nitrogen and oxygen atoms in total. The highest BCUT2D eigenvalue weighted by Crippen LogP contribution is 2.52. The van der Waals surface area contributed by atoms with Gasteiger partial charge in [0.15, 0.2) is 0 Å². The molecule has 1 N–H and O–H groups in total. The van der Waals surface area contributed by atoms with Gasteiger partial charge in [0.25, 0.3) is 0 Å². The van der Waals surface area contributed by atoms with Crippen LogP contribution in [0.2, 0.25) is 0 Å². The Morgan fingerprint density at radius 2 is 1.75 bits per heavy atom. The Bertz CT molecular complexity index is 498. The van der Waals surface area contributed by atoms with E-state index in [1.807, 2.05) is 12.1 Å². The van der Waals surface area contributed by atoms with Gasteiger partial charge in [-0.1, -0.05) is 26.0 Å². The number of carbonyl (C=O) groups excluding carboxylic acids is 1. The predicted octanol–water partition coefficient (Wildman–Crippen LogP) is 3.14. The molecule has 1 heterocycles. The molecule has 1 atom stereocenters. The van der Waals surface area contributed by atoms with Crippen molar-refractivity contribution in [2.75, 3.05) is 13.1 Å². The van der Waals surface area contributed by atoms with E-state index in [-0.39, 0.29) is 11.3 Å². The summed E-state index contributed by atoms with van der Waals surface area (Å²) in [5.74, 6) is 1.45. The summed E-state index contributed by atoms with van der Waals surface area (Å²) in [5, 5.41) is 9.33. The zero-order valence-electron chi connectivity index (χ0n) is 12.3. The summed E-state index contributed by atoms with van der Waals surface area (Å²) in [5.41, 5.74) is 1.51. The van der Waals surface area contributed by atoms with Crippen LogP contribution in [0.3, 0.4) is 0 Å². The molecule has 108 valence electrons. The lowest BCUT2D eigenvalue weighted by molar-refractivity contribution is -0.134. The lowest BCUT2D eigenvalue weighted by Gasteiger charge is -2.32. The number of piperidine rings is 1. The molecule has 1 aromatic carbocycles. The first-order valence-corrected chi connectivity index (χ1v) is 7.55. The molecule has 1 amide bonds. The Balaban J connectivity index is 1.57. The molecule has 0 aromatic heterocycles. The molecule has 1 aliphatic carbocycles. The van der Waals surface area contributed by atoms with E-state index in [1.54, 1.807) is 12.1 Å². The maximum absolute atomic E-state index is 12.4. The summed E-state index contributed by atoms with van der Waals surface area (Å²) >= 11 is 0. The highest BCUT2D eigenvalue weighted by Gasteiger charge is 2.52. The van der Waals surface area contributed by atoms with Crippen molar-refractivity contribution in [2.45, 2.75) is 39.0 Å². The number of aromatic hydroxyl groups is 1. The van der Waals surface area contributed by atoms with Gasteiger partial charge in [-0.3, -0.25) is 4.79 Å². The minimum Gasteiger partial charge on any atom is -0.508 e. The molecule has 0 spiro atoms. The van der Waals surface area contributed by atoms with Gasteiger partial charge in [-0.25, -0.2) is 0 Å². The molecule has 1 aliphatic heterocycles. The van der Waals surface area contributed by atoms with Gasteiger partial charge in [0.1, 0.15) is 5.75 Å². The monoisotopic (exact) mass is 273 g/mol. The number of phenolic OH excluding ortho intramolecular Hbond substituents is 1. The number of carbonyl (C=O) groups is 1. The summed E-state index contributed by atoms with van der Waals surface area (Å²) in [4.78, 5) is 14.4. The minimum absolute atomic E-state index is 0.227. The lowest BCUT2D eigenvalue weighted by atomic mass is 9.89. The van der Waals surface area contributed by atoms with Crippen molar-refractivity contribution in [1.29, 1.82) is 0 Å². The second-order valence-electron chi connectivity index (χ2n) is 6.94. The van der Waals surface area contributed by atoms with Crippen LogP contribution in [0.25, 0.3) is 0 Å². The van der Waals surface area contributed by atoms with E-state index in [4.69, 9.17) is 0 Å². The average molecular weight is 273 g/mol. The number of amides is 1. The summed E-state index contributed by atoms with van der Waals surface area (Å²) in [6, 6.07) is 7.50. The SMILES string of the molecule is CC1(C)CC1C(=O)N1CCC(c2ccc(O)cc2)CC1. The number of nitrogens with zero attached hydrogens (tertiary/aromatic N) is 1. The molecular formula is C17H23NO2. The third kappa shape index (κ3) is 2.54. The van der Waals surface area contributed by atoms with E-state index in [9.17, 15) is 9.90 Å². The molecule has 20 heavy (non-hydrogen) atoms. The quantitative estimate of drug-likeness (QED) is 0.899. The normalized spacial score (nSPS) is 25.5. The molecule has 0 radical (unpaired) electrons. The van der Waals surface area contributed by atoms with Crippen molar-refractivity contribution in [3.05, 3.63) is 29.8 Å². The Morgan fingerprint density at radius 1 is 1.20 bits per heavy atom. The van der Waals surface area contributed by atoms with E-state index in [0.717, 1.165) is 32.4 Å². The fraction of sp³-hybridized carbons (Fsp3) is 0.588. The van der Waals surface area contributed by atoms with E-state index in [2.05, 4.69) is 18.7 Å². The summed E-state index contributed by atoms with van der Waals surface area (Å²) in [7, 11) is 0. The second-order valence-corrected chi connectivity index (χ2v) is 6.94. The number of likely N-dealkylation sites (tertiary alicyclic amines) is 1. The van der Waals surface area contributed by atoms with Gasteiger partial charge < -0.3 is 10.0 Å². The summed E-state index contributed by atoms with van der Waals surface area (Å²) in [6.45, 7) is 6.10. The standard InChI is InChI=1S/C17H23NO2/c1-17(2)11-15(17)16(20)18-9-7-13(8-10-18)12-3-5-14(19)6-4-12/h3-6,13,15,19H,7-11H2,1-2H3. The second kappa shape index (κ2) is 4.80. The smallest absolute Gasteiger partial charge is 0.226 e. The Morgan fingerprint density at radius 3 is 2.25 bits per heavy atom. The van der Waals surface area contributed by atoms with Gasteiger partial charge in [-0.15, -0.1) is 0 Å². The average Bonchev–Trinajstić information content (AvgIpc) is 3.08. The van der Waals surface area contributed by atoms with Crippen LogP contribution in [0, 0.1) is 11.3 Å². The number of hydrogen-bond donors (Lipinski definition) is 1. The van der Waals surface area contributed by atoms with Crippen LogP contribution in [0.15, 0.2) is 24.3 Å². The molecule has 1 saturated heterocycles. The molecule has 3 heteroatoms. The van der Waals surface area contributed by atoms with Gasteiger partial charge >= 0.3 is 0 Å². The highest BCUT2D eigenvalue weighted by molar-refractivity contribution is 5.82. The van der Waals surface area contributed by atoms with Crippen molar-refractivity contribution in [3.8, 4) is 5.75 Å². The highest BCUT2D eigenvalue weighted by atomic mass is 16.3. The molecule has 2 aliphatic rings. The number of phenols is 1. The number of rotatable bonds is 2.